The van der Waals surface area contributed by atoms with Gasteiger partial charge in [0, 0.05) is 31.9 Å². The molecule has 1 aromatic rings. The van der Waals surface area contributed by atoms with Crippen LogP contribution in [-0.2, 0) is 19.1 Å². The van der Waals surface area contributed by atoms with Crippen LogP contribution in [-0.4, -0.2) is 71.8 Å². The minimum absolute atomic E-state index is 0.0913. The molecule has 40 heavy (non-hydrogen) atoms. The monoisotopic (exact) mass is 558 g/mol. The first-order valence-electron chi connectivity index (χ1n) is 14.9. The van der Waals surface area contributed by atoms with Crippen molar-refractivity contribution < 1.29 is 23.9 Å². The summed E-state index contributed by atoms with van der Waals surface area (Å²) in [4.78, 5) is 48.8. The van der Waals surface area contributed by atoms with E-state index in [2.05, 4.69) is 38.0 Å². The molecule has 1 aromatic heterocycles. The van der Waals surface area contributed by atoms with Crippen LogP contribution >= 0.6 is 0 Å². The third-order valence-electron chi connectivity index (χ3n) is 7.28. The number of amides is 3. The molecule has 0 aromatic carbocycles. The highest BCUT2D eigenvalue weighted by Gasteiger charge is 2.43. The number of piperidine rings is 1. The number of pyridine rings is 1. The summed E-state index contributed by atoms with van der Waals surface area (Å²) in [6.07, 6.45) is 4.30. The van der Waals surface area contributed by atoms with Crippen molar-refractivity contribution in [2.24, 2.45) is 17.8 Å². The van der Waals surface area contributed by atoms with Gasteiger partial charge in [0.05, 0.1) is 24.5 Å². The molecule has 3 amide bonds. The van der Waals surface area contributed by atoms with E-state index in [9.17, 15) is 14.4 Å². The Hall–Kier alpha value is -2.68. The van der Waals surface area contributed by atoms with Gasteiger partial charge in [0.2, 0.25) is 11.8 Å². The summed E-state index contributed by atoms with van der Waals surface area (Å²) in [6, 6.07) is 3.89. The summed E-state index contributed by atoms with van der Waals surface area (Å²) >= 11 is 0. The van der Waals surface area contributed by atoms with Crippen molar-refractivity contribution in [1.82, 2.24) is 15.2 Å². The third-order valence-corrected chi connectivity index (χ3v) is 7.28. The first kappa shape index (κ1) is 31.8. The standard InChI is InChI=1S/C31H50N4O5/c1-9-39-19-25(14-20(2)3)33-28(36)23-15-24(18-34(17-23)30(38)40-31(6,7)8)29(37)35(26-11-12-26)27-13-10-22(16-32-27)21(4)5/h10,13,16,20-21,23-26H,9,11-12,14-15,17-19H2,1-8H3,(H,33,36)/t23-,24+,25+/m0/s1. The first-order chi connectivity index (χ1) is 18.8. The first-order valence-corrected chi connectivity index (χ1v) is 14.9. The molecule has 1 N–H and O–H groups in total. The van der Waals surface area contributed by atoms with Gasteiger partial charge >= 0.3 is 6.09 Å². The Labute approximate surface area is 240 Å². The van der Waals surface area contributed by atoms with E-state index < -0.39 is 23.5 Å². The lowest BCUT2D eigenvalue weighted by atomic mass is 9.87. The molecule has 2 heterocycles. The van der Waals surface area contributed by atoms with Gasteiger partial charge in [0.25, 0.3) is 0 Å². The van der Waals surface area contributed by atoms with E-state index in [4.69, 9.17) is 9.47 Å². The predicted molar refractivity (Wildman–Crippen MR) is 156 cm³/mol. The summed E-state index contributed by atoms with van der Waals surface area (Å²) in [6.45, 7) is 17.2. The number of ether oxygens (including phenoxy) is 2. The number of nitrogens with one attached hydrogen (secondary N) is 1. The van der Waals surface area contributed by atoms with Crippen molar-refractivity contribution in [2.45, 2.75) is 105 Å². The lowest BCUT2D eigenvalue weighted by Gasteiger charge is -2.39. The topological polar surface area (TPSA) is 101 Å². The number of aromatic nitrogens is 1. The Morgan fingerprint density at radius 3 is 2.30 bits per heavy atom. The van der Waals surface area contributed by atoms with Crippen LogP contribution in [0.2, 0.25) is 0 Å². The molecule has 3 rings (SSSR count). The number of rotatable bonds is 11. The molecule has 0 radical (unpaired) electrons. The second-order valence-corrected chi connectivity index (χ2v) is 13.1. The average Bonchev–Trinajstić information content (AvgIpc) is 3.71. The number of carbonyl (C=O) groups is 3. The fraction of sp³-hybridized carbons (Fsp3) is 0.742. The summed E-state index contributed by atoms with van der Waals surface area (Å²) in [7, 11) is 0. The Kier molecular flexibility index (Phi) is 11.0. The number of likely N-dealkylation sites (tertiary alicyclic amines) is 1. The molecule has 1 aliphatic carbocycles. The number of nitrogens with zero attached hydrogens (tertiary/aromatic N) is 3. The van der Waals surface area contributed by atoms with E-state index in [1.165, 1.54) is 4.90 Å². The molecule has 3 atom stereocenters. The van der Waals surface area contributed by atoms with Crippen molar-refractivity contribution in [2.75, 3.05) is 31.2 Å². The molecule has 1 saturated carbocycles. The van der Waals surface area contributed by atoms with Crippen LogP contribution in [0.4, 0.5) is 10.6 Å². The van der Waals surface area contributed by atoms with Crippen LogP contribution in [0.1, 0.15) is 92.6 Å². The van der Waals surface area contributed by atoms with Crippen LogP contribution in [0.25, 0.3) is 0 Å². The second kappa shape index (κ2) is 13.8. The molecule has 9 nitrogen and oxygen atoms in total. The summed E-state index contributed by atoms with van der Waals surface area (Å²) in [5.74, 6) is 0.0185. The number of anilines is 1. The Balaban J connectivity index is 1.84. The van der Waals surface area contributed by atoms with Crippen molar-refractivity contribution in [3.8, 4) is 0 Å². The smallest absolute Gasteiger partial charge is 0.410 e. The molecule has 0 spiro atoms. The maximum Gasteiger partial charge on any atom is 0.410 e. The predicted octanol–water partition coefficient (Wildman–Crippen LogP) is 5.14. The molecule has 224 valence electrons. The quantitative estimate of drug-likeness (QED) is 0.404. The normalized spacial score (nSPS) is 20.4. The van der Waals surface area contributed by atoms with E-state index in [-0.39, 0.29) is 37.0 Å². The minimum atomic E-state index is -0.687. The van der Waals surface area contributed by atoms with Crippen LogP contribution in [0, 0.1) is 17.8 Å². The minimum Gasteiger partial charge on any atom is -0.444 e. The van der Waals surface area contributed by atoms with Gasteiger partial charge in [-0.15, -0.1) is 0 Å². The van der Waals surface area contributed by atoms with E-state index in [0.29, 0.717) is 37.3 Å². The van der Waals surface area contributed by atoms with Crippen LogP contribution in [0.15, 0.2) is 18.3 Å². The Bertz CT molecular complexity index is 1000. The van der Waals surface area contributed by atoms with Gasteiger partial charge in [0.15, 0.2) is 0 Å². The average molecular weight is 559 g/mol. The van der Waals surface area contributed by atoms with Crippen molar-refractivity contribution >= 4 is 23.7 Å². The molecular formula is C31H50N4O5. The maximum absolute atomic E-state index is 14.1. The van der Waals surface area contributed by atoms with Gasteiger partial charge in [-0.2, -0.15) is 0 Å². The maximum atomic E-state index is 14.1. The van der Waals surface area contributed by atoms with Gasteiger partial charge in [-0.25, -0.2) is 9.78 Å². The van der Waals surface area contributed by atoms with Crippen LogP contribution in [0.5, 0.6) is 0 Å². The summed E-state index contributed by atoms with van der Waals surface area (Å²) in [5, 5.41) is 3.15. The van der Waals surface area contributed by atoms with E-state index in [0.717, 1.165) is 24.8 Å². The number of hydrogen-bond acceptors (Lipinski definition) is 6. The van der Waals surface area contributed by atoms with Crippen molar-refractivity contribution in [3.63, 3.8) is 0 Å². The Morgan fingerprint density at radius 1 is 1.10 bits per heavy atom. The lowest BCUT2D eigenvalue weighted by Crippen LogP contribution is -2.55. The molecule has 1 aliphatic heterocycles. The van der Waals surface area contributed by atoms with E-state index in [1.807, 2.05) is 46.0 Å². The lowest BCUT2D eigenvalue weighted by molar-refractivity contribution is -0.131. The van der Waals surface area contributed by atoms with Gasteiger partial charge in [-0.3, -0.25) is 14.5 Å². The highest BCUT2D eigenvalue weighted by molar-refractivity contribution is 5.96. The van der Waals surface area contributed by atoms with E-state index in [1.54, 1.807) is 4.90 Å². The van der Waals surface area contributed by atoms with Crippen LogP contribution in [0.3, 0.4) is 0 Å². The van der Waals surface area contributed by atoms with Gasteiger partial charge < -0.3 is 19.7 Å². The van der Waals surface area contributed by atoms with Gasteiger partial charge in [-0.1, -0.05) is 33.8 Å². The SMILES string of the molecule is CCOC[C@@H](CC(C)C)NC(=O)[C@H]1C[C@@H](C(=O)N(c2ccc(C(C)C)cn2)C2CC2)CN(C(=O)OC(C)(C)C)C1. The second-order valence-electron chi connectivity index (χ2n) is 13.1. The summed E-state index contributed by atoms with van der Waals surface area (Å²) in [5.41, 5.74) is 0.425. The molecule has 0 unspecified atom stereocenters. The molecule has 0 bridgehead atoms. The highest BCUT2D eigenvalue weighted by atomic mass is 16.6. The van der Waals surface area contributed by atoms with E-state index >= 15 is 0 Å². The van der Waals surface area contributed by atoms with Gasteiger partial charge in [0.1, 0.15) is 11.4 Å². The van der Waals surface area contributed by atoms with Crippen LogP contribution < -0.4 is 10.2 Å². The largest absolute Gasteiger partial charge is 0.444 e. The zero-order valence-electron chi connectivity index (χ0n) is 25.7. The fourth-order valence-electron chi connectivity index (χ4n) is 5.15. The van der Waals surface area contributed by atoms with Crippen molar-refractivity contribution in [3.05, 3.63) is 23.9 Å². The molecule has 9 heteroatoms. The molecule has 2 fully saturated rings. The number of carbonyl (C=O) groups excluding carboxylic acids is 3. The zero-order chi connectivity index (χ0) is 29.6. The van der Waals surface area contributed by atoms with Gasteiger partial charge in [-0.05, 0) is 76.8 Å². The molecular weight excluding hydrogens is 508 g/mol. The molecule has 1 saturated heterocycles. The summed E-state index contributed by atoms with van der Waals surface area (Å²) < 4.78 is 11.3. The Morgan fingerprint density at radius 2 is 1.77 bits per heavy atom. The number of hydrogen-bond donors (Lipinski definition) is 1. The highest BCUT2D eigenvalue weighted by Crippen LogP contribution is 2.35. The zero-order valence-corrected chi connectivity index (χ0v) is 25.7. The third kappa shape index (κ3) is 9.18. The fourth-order valence-corrected chi connectivity index (χ4v) is 5.15. The van der Waals surface area contributed by atoms with Crippen molar-refractivity contribution in [1.29, 1.82) is 0 Å². The molecule has 2 aliphatic rings.